The number of hydrogen-bond acceptors (Lipinski definition) is 3. The zero-order chi connectivity index (χ0) is 24.2. The molecule has 3 aromatic carbocycles. The van der Waals surface area contributed by atoms with E-state index < -0.39 is 17.7 Å². The van der Waals surface area contributed by atoms with Crippen LogP contribution in [-0.2, 0) is 16.1 Å². The second-order valence-electron chi connectivity index (χ2n) is 7.28. The molecule has 0 saturated carbocycles. The molecule has 3 amide bonds. The number of fused-ring (bicyclic) bond motifs is 1. The number of carbonyl (C=O) groups excluding carboxylic acids is 3. The summed E-state index contributed by atoms with van der Waals surface area (Å²) in [5.41, 5.74) is 4.31. The van der Waals surface area contributed by atoms with E-state index >= 15 is 0 Å². The van der Waals surface area contributed by atoms with Gasteiger partial charge in [-0.05, 0) is 60.2 Å². The number of nitrogens with one attached hydrogen (secondary N) is 3. The van der Waals surface area contributed by atoms with Gasteiger partial charge in [0.25, 0.3) is 5.91 Å². The van der Waals surface area contributed by atoms with Gasteiger partial charge in [0.1, 0.15) is 5.69 Å². The van der Waals surface area contributed by atoms with Crippen LogP contribution in [0.15, 0.2) is 72.8 Å². The second-order valence-corrected chi connectivity index (χ2v) is 8.59. The Labute approximate surface area is 209 Å². The molecule has 4 rings (SSSR count). The monoisotopic (exact) mass is 514 g/mol. The van der Waals surface area contributed by atoms with Crippen molar-refractivity contribution in [2.45, 2.75) is 6.54 Å². The Balaban J connectivity index is 1.56. The van der Waals surface area contributed by atoms with Crippen molar-refractivity contribution < 1.29 is 14.4 Å². The maximum atomic E-state index is 13.0. The van der Waals surface area contributed by atoms with Crippen molar-refractivity contribution in [2.24, 2.45) is 0 Å². The highest BCUT2D eigenvalue weighted by molar-refractivity contribution is 6.38. The molecule has 0 radical (unpaired) electrons. The first-order chi connectivity index (χ1) is 16.3. The normalized spacial score (nSPS) is 10.7. The number of amides is 3. The first-order valence-corrected chi connectivity index (χ1v) is 11.1. The van der Waals surface area contributed by atoms with Gasteiger partial charge in [0.05, 0.1) is 5.52 Å². The Bertz CT molecular complexity index is 1400. The van der Waals surface area contributed by atoms with Crippen LogP contribution in [0.2, 0.25) is 15.1 Å². The molecule has 0 unspecified atom stereocenters. The van der Waals surface area contributed by atoms with Crippen molar-refractivity contribution in [1.29, 1.82) is 0 Å². The number of nitrogens with zero attached hydrogens (tertiary/aromatic N) is 1. The van der Waals surface area contributed by atoms with Gasteiger partial charge in [0.2, 0.25) is 0 Å². The SMILES string of the molecule is O=C(NCc1ccc(Cl)cc1)C(=O)Nn1c(C(=O)Nc2cccc(Cl)c2)cc2cc(Cl)ccc21. The van der Waals surface area contributed by atoms with E-state index in [4.69, 9.17) is 34.8 Å². The topological polar surface area (TPSA) is 92.2 Å². The van der Waals surface area contributed by atoms with Crippen LogP contribution in [0.5, 0.6) is 0 Å². The summed E-state index contributed by atoms with van der Waals surface area (Å²) >= 11 is 17.9. The molecule has 0 atom stereocenters. The van der Waals surface area contributed by atoms with Crippen LogP contribution in [0.3, 0.4) is 0 Å². The summed E-state index contributed by atoms with van der Waals surface area (Å²) in [5, 5.41) is 7.35. The lowest BCUT2D eigenvalue weighted by Crippen LogP contribution is -2.39. The highest BCUT2D eigenvalue weighted by Crippen LogP contribution is 2.24. The molecule has 0 aliphatic carbocycles. The van der Waals surface area contributed by atoms with Gasteiger partial charge in [0.15, 0.2) is 0 Å². The van der Waals surface area contributed by atoms with Crippen molar-refractivity contribution in [3.63, 3.8) is 0 Å². The molecule has 1 heterocycles. The van der Waals surface area contributed by atoms with Crippen LogP contribution in [0.25, 0.3) is 10.9 Å². The van der Waals surface area contributed by atoms with Crippen molar-refractivity contribution in [3.8, 4) is 0 Å². The zero-order valence-corrected chi connectivity index (χ0v) is 19.7. The zero-order valence-electron chi connectivity index (χ0n) is 17.4. The first-order valence-electron chi connectivity index (χ1n) is 10.0. The van der Waals surface area contributed by atoms with E-state index in [1.54, 1.807) is 72.8 Å². The molecule has 0 aliphatic rings. The van der Waals surface area contributed by atoms with Gasteiger partial charge in [-0.25, -0.2) is 4.68 Å². The standard InChI is InChI=1S/C24H17Cl3N4O3/c25-16-6-4-14(5-7-16)13-28-23(33)24(34)30-31-20-9-8-18(27)10-15(20)11-21(31)22(32)29-19-3-1-2-17(26)12-19/h1-12H,13H2,(H,28,33)(H,29,32)(H,30,34). The largest absolute Gasteiger partial charge is 0.344 e. The van der Waals surface area contributed by atoms with Gasteiger partial charge >= 0.3 is 11.8 Å². The molecule has 1 aromatic heterocycles. The predicted molar refractivity (Wildman–Crippen MR) is 134 cm³/mol. The fourth-order valence-electron chi connectivity index (χ4n) is 3.25. The predicted octanol–water partition coefficient (Wildman–Crippen LogP) is 5.24. The third-order valence-corrected chi connectivity index (χ3v) is 5.59. The smallest absolute Gasteiger partial charge is 0.328 e. The van der Waals surface area contributed by atoms with Crippen LogP contribution < -0.4 is 16.1 Å². The van der Waals surface area contributed by atoms with Crippen LogP contribution in [-0.4, -0.2) is 22.4 Å². The molecule has 3 N–H and O–H groups in total. The second kappa shape index (κ2) is 10.2. The Morgan fingerprint density at radius 2 is 1.47 bits per heavy atom. The Morgan fingerprint density at radius 3 is 2.21 bits per heavy atom. The van der Waals surface area contributed by atoms with E-state index in [0.29, 0.717) is 31.7 Å². The van der Waals surface area contributed by atoms with Crippen molar-refractivity contribution in [2.75, 3.05) is 10.7 Å². The lowest BCUT2D eigenvalue weighted by atomic mass is 10.2. The molecule has 10 heteroatoms. The number of halogens is 3. The number of hydrogen-bond donors (Lipinski definition) is 3. The highest BCUT2D eigenvalue weighted by Gasteiger charge is 2.21. The summed E-state index contributed by atoms with van der Waals surface area (Å²) in [6.45, 7) is 0.133. The molecule has 0 bridgehead atoms. The number of aromatic nitrogens is 1. The van der Waals surface area contributed by atoms with E-state index in [1.165, 1.54) is 4.68 Å². The third kappa shape index (κ3) is 5.51. The summed E-state index contributed by atoms with van der Waals surface area (Å²) in [6.07, 6.45) is 0. The number of anilines is 1. The summed E-state index contributed by atoms with van der Waals surface area (Å²) in [5.74, 6) is -2.33. The van der Waals surface area contributed by atoms with E-state index in [9.17, 15) is 14.4 Å². The number of benzene rings is 3. The molecular weight excluding hydrogens is 499 g/mol. The van der Waals surface area contributed by atoms with Crippen LogP contribution >= 0.6 is 34.8 Å². The Morgan fingerprint density at radius 1 is 0.765 bits per heavy atom. The minimum absolute atomic E-state index is 0.0936. The van der Waals surface area contributed by atoms with Gasteiger partial charge in [0, 0.05) is 32.7 Å². The fourth-order valence-corrected chi connectivity index (χ4v) is 3.75. The highest BCUT2D eigenvalue weighted by atomic mass is 35.5. The Kier molecular flexibility index (Phi) is 7.07. The number of carbonyl (C=O) groups is 3. The van der Waals surface area contributed by atoms with Crippen LogP contribution in [0, 0.1) is 0 Å². The first kappa shape index (κ1) is 23.6. The fraction of sp³-hybridized carbons (Fsp3) is 0.0417. The van der Waals surface area contributed by atoms with E-state index in [0.717, 1.165) is 5.56 Å². The summed E-state index contributed by atoms with van der Waals surface area (Å²) < 4.78 is 1.25. The van der Waals surface area contributed by atoms with Gasteiger partial charge in [-0.2, -0.15) is 0 Å². The summed E-state index contributed by atoms with van der Waals surface area (Å²) in [4.78, 5) is 38.1. The average molecular weight is 516 g/mol. The molecule has 0 saturated heterocycles. The van der Waals surface area contributed by atoms with Crippen molar-refractivity contribution in [3.05, 3.63) is 99.1 Å². The van der Waals surface area contributed by atoms with E-state index in [-0.39, 0.29) is 12.2 Å². The van der Waals surface area contributed by atoms with Gasteiger partial charge < -0.3 is 10.6 Å². The van der Waals surface area contributed by atoms with Crippen LogP contribution in [0.4, 0.5) is 5.69 Å². The van der Waals surface area contributed by atoms with Gasteiger partial charge in [-0.1, -0.05) is 53.0 Å². The molecule has 4 aromatic rings. The minimum Gasteiger partial charge on any atom is -0.344 e. The van der Waals surface area contributed by atoms with E-state index in [2.05, 4.69) is 16.1 Å². The van der Waals surface area contributed by atoms with Gasteiger partial charge in [-0.15, -0.1) is 0 Å². The maximum absolute atomic E-state index is 13.0. The third-order valence-electron chi connectivity index (χ3n) is 4.86. The molecule has 34 heavy (non-hydrogen) atoms. The molecule has 172 valence electrons. The van der Waals surface area contributed by atoms with Crippen molar-refractivity contribution in [1.82, 2.24) is 9.99 Å². The molecule has 0 spiro atoms. The Hall–Kier alpha value is -3.52. The lowest BCUT2D eigenvalue weighted by molar-refractivity contribution is -0.136. The van der Waals surface area contributed by atoms with Crippen LogP contribution in [0.1, 0.15) is 16.1 Å². The summed E-state index contributed by atoms with van der Waals surface area (Å²) in [6, 6.07) is 20.0. The molecule has 0 fully saturated rings. The number of rotatable bonds is 5. The van der Waals surface area contributed by atoms with Gasteiger partial charge in [-0.3, -0.25) is 19.8 Å². The van der Waals surface area contributed by atoms with Crippen molar-refractivity contribution >= 4 is 69.1 Å². The quantitative estimate of drug-likeness (QED) is 0.317. The molecular formula is C24H17Cl3N4O3. The molecule has 7 nitrogen and oxygen atoms in total. The van der Waals surface area contributed by atoms with E-state index in [1.807, 2.05) is 0 Å². The minimum atomic E-state index is -0.946. The average Bonchev–Trinajstić information content (AvgIpc) is 3.15. The molecule has 0 aliphatic heterocycles. The lowest BCUT2D eigenvalue weighted by Gasteiger charge is -2.13. The maximum Gasteiger partial charge on any atom is 0.328 e. The summed E-state index contributed by atoms with van der Waals surface area (Å²) in [7, 11) is 0.